The summed E-state index contributed by atoms with van der Waals surface area (Å²) in [5.41, 5.74) is 2.86. The van der Waals surface area contributed by atoms with Crippen LogP contribution in [0.2, 0.25) is 0 Å². The SMILES string of the molecule is Cc1ncc(CC(C)(C)C[n+]2oc(C)c(CC(C)(C)C)c2C)o1. The Kier molecular flexibility index (Phi) is 4.74. The Morgan fingerprint density at radius 3 is 2.22 bits per heavy atom. The summed E-state index contributed by atoms with van der Waals surface area (Å²) in [7, 11) is 0. The maximum atomic E-state index is 6.04. The molecule has 2 rings (SSSR count). The van der Waals surface area contributed by atoms with Crippen molar-refractivity contribution >= 4 is 0 Å². The third-order valence-corrected chi connectivity index (χ3v) is 4.08. The minimum Gasteiger partial charge on any atom is -0.446 e. The fraction of sp³-hybridized carbons (Fsp3) is 0.684. The molecule has 0 radical (unpaired) electrons. The van der Waals surface area contributed by atoms with Gasteiger partial charge in [0.05, 0.1) is 11.8 Å². The minimum atomic E-state index is 0.0324. The minimum absolute atomic E-state index is 0.0324. The van der Waals surface area contributed by atoms with E-state index < -0.39 is 0 Å². The first-order valence-corrected chi connectivity index (χ1v) is 8.37. The van der Waals surface area contributed by atoms with Crippen molar-refractivity contribution < 1.29 is 13.7 Å². The largest absolute Gasteiger partial charge is 0.446 e. The molecular formula is C19H31N2O2+. The molecule has 0 aliphatic rings. The molecule has 0 fully saturated rings. The molecule has 0 bridgehead atoms. The van der Waals surface area contributed by atoms with E-state index >= 15 is 0 Å². The predicted molar refractivity (Wildman–Crippen MR) is 90.3 cm³/mol. The van der Waals surface area contributed by atoms with E-state index in [1.54, 1.807) is 0 Å². The van der Waals surface area contributed by atoms with Crippen LogP contribution in [0.25, 0.3) is 0 Å². The van der Waals surface area contributed by atoms with Gasteiger partial charge in [-0.05, 0) is 16.6 Å². The first-order chi connectivity index (χ1) is 10.5. The van der Waals surface area contributed by atoms with Crippen LogP contribution < -0.4 is 4.74 Å². The molecule has 4 heteroatoms. The Morgan fingerprint density at radius 1 is 1.04 bits per heavy atom. The topological polar surface area (TPSA) is 43.0 Å². The second kappa shape index (κ2) is 6.14. The molecule has 128 valence electrons. The summed E-state index contributed by atoms with van der Waals surface area (Å²) >= 11 is 0. The van der Waals surface area contributed by atoms with Gasteiger partial charge in [0, 0.05) is 32.6 Å². The third-order valence-electron chi connectivity index (χ3n) is 4.08. The summed E-state index contributed by atoms with van der Waals surface area (Å²) in [4.78, 5) is 4.19. The van der Waals surface area contributed by atoms with Gasteiger partial charge in [-0.15, -0.1) is 0 Å². The van der Waals surface area contributed by atoms with Crippen LogP contribution in [0.3, 0.4) is 0 Å². The highest BCUT2D eigenvalue weighted by molar-refractivity contribution is 5.19. The highest BCUT2D eigenvalue weighted by Crippen LogP contribution is 2.27. The Hall–Kier alpha value is -1.58. The fourth-order valence-corrected chi connectivity index (χ4v) is 3.03. The lowest BCUT2D eigenvalue weighted by atomic mass is 9.87. The Bertz CT molecular complexity index is 672. The van der Waals surface area contributed by atoms with Crippen molar-refractivity contribution in [3.63, 3.8) is 0 Å². The van der Waals surface area contributed by atoms with Crippen molar-refractivity contribution in [2.45, 2.75) is 74.8 Å². The molecule has 0 aliphatic heterocycles. The first-order valence-electron chi connectivity index (χ1n) is 8.37. The van der Waals surface area contributed by atoms with Gasteiger partial charge in [-0.2, -0.15) is 0 Å². The normalized spacial score (nSPS) is 12.9. The van der Waals surface area contributed by atoms with Gasteiger partial charge in [-0.25, -0.2) is 9.51 Å². The molecule has 0 spiro atoms. The lowest BCUT2D eigenvalue weighted by Gasteiger charge is -2.18. The molecule has 0 saturated carbocycles. The van der Waals surface area contributed by atoms with Crippen LogP contribution in [-0.4, -0.2) is 4.98 Å². The van der Waals surface area contributed by atoms with Crippen LogP contribution in [0.5, 0.6) is 0 Å². The van der Waals surface area contributed by atoms with Crippen LogP contribution in [-0.2, 0) is 19.4 Å². The van der Waals surface area contributed by atoms with Crippen LogP contribution in [0.1, 0.15) is 63.3 Å². The quantitative estimate of drug-likeness (QED) is 0.770. The Balaban J connectivity index is 2.17. The average Bonchev–Trinajstić information content (AvgIpc) is 2.86. The van der Waals surface area contributed by atoms with Crippen molar-refractivity contribution in [2.24, 2.45) is 10.8 Å². The highest BCUT2D eigenvalue weighted by atomic mass is 16.5. The van der Waals surface area contributed by atoms with Crippen molar-refractivity contribution in [1.29, 1.82) is 0 Å². The van der Waals surface area contributed by atoms with Crippen molar-refractivity contribution in [3.8, 4) is 0 Å². The van der Waals surface area contributed by atoms with Gasteiger partial charge in [-0.3, -0.25) is 0 Å². The number of hydrogen-bond acceptors (Lipinski definition) is 3. The number of hydrogen-bond donors (Lipinski definition) is 0. The molecule has 0 aliphatic carbocycles. The maximum Gasteiger partial charge on any atom is 0.231 e. The van der Waals surface area contributed by atoms with E-state index in [1.165, 1.54) is 11.3 Å². The summed E-state index contributed by atoms with van der Waals surface area (Å²) < 4.78 is 13.7. The van der Waals surface area contributed by atoms with Crippen LogP contribution in [0.4, 0.5) is 0 Å². The molecule has 0 unspecified atom stereocenters. The molecule has 0 N–H and O–H groups in total. The monoisotopic (exact) mass is 319 g/mol. The summed E-state index contributed by atoms with van der Waals surface area (Å²) in [6.07, 6.45) is 3.70. The summed E-state index contributed by atoms with van der Waals surface area (Å²) in [6.45, 7) is 18.2. The molecule has 0 aromatic carbocycles. The van der Waals surface area contributed by atoms with Crippen molar-refractivity contribution in [3.05, 3.63) is 34.9 Å². The van der Waals surface area contributed by atoms with E-state index in [2.05, 4.69) is 53.5 Å². The maximum absolute atomic E-state index is 6.04. The molecule has 2 heterocycles. The zero-order valence-corrected chi connectivity index (χ0v) is 15.9. The lowest BCUT2D eigenvalue weighted by Crippen LogP contribution is -2.43. The standard InChI is InChI=1S/C19H31N2O2/c1-13-17(10-18(4,5)6)14(2)23-21(13)12-19(7,8)9-16-11-20-15(3)22-16/h11H,9-10,12H2,1-8H3/q+1. The van der Waals surface area contributed by atoms with Gasteiger partial charge < -0.3 is 4.42 Å². The zero-order valence-electron chi connectivity index (χ0n) is 15.9. The van der Waals surface area contributed by atoms with E-state index in [0.717, 1.165) is 36.8 Å². The third kappa shape index (κ3) is 4.69. The van der Waals surface area contributed by atoms with E-state index in [9.17, 15) is 0 Å². The van der Waals surface area contributed by atoms with Crippen LogP contribution in [0.15, 0.2) is 15.1 Å². The number of rotatable bonds is 5. The van der Waals surface area contributed by atoms with Gasteiger partial charge in [0.1, 0.15) is 5.76 Å². The lowest BCUT2D eigenvalue weighted by molar-refractivity contribution is -0.876. The van der Waals surface area contributed by atoms with Crippen LogP contribution in [0, 0.1) is 31.6 Å². The average molecular weight is 319 g/mol. The molecule has 0 amide bonds. The van der Waals surface area contributed by atoms with Gasteiger partial charge >= 0.3 is 0 Å². The van der Waals surface area contributed by atoms with E-state index in [1.807, 2.05) is 17.9 Å². The molecule has 2 aromatic rings. The Labute approximate surface area is 139 Å². The molecular weight excluding hydrogens is 288 g/mol. The fourth-order valence-electron chi connectivity index (χ4n) is 3.03. The highest BCUT2D eigenvalue weighted by Gasteiger charge is 2.32. The van der Waals surface area contributed by atoms with E-state index in [0.29, 0.717) is 0 Å². The zero-order chi connectivity index (χ0) is 17.4. The number of nitrogens with zero attached hydrogens (tertiary/aromatic N) is 2. The van der Waals surface area contributed by atoms with Gasteiger partial charge in [0.25, 0.3) is 0 Å². The smallest absolute Gasteiger partial charge is 0.231 e. The molecule has 0 atom stereocenters. The number of aryl methyl sites for hydroxylation is 2. The predicted octanol–water partition coefficient (Wildman–Crippen LogP) is 4.34. The molecule has 2 aromatic heterocycles. The van der Waals surface area contributed by atoms with E-state index in [4.69, 9.17) is 8.94 Å². The summed E-state index contributed by atoms with van der Waals surface area (Å²) in [5.74, 6) is 2.69. The van der Waals surface area contributed by atoms with Crippen LogP contribution >= 0.6 is 0 Å². The van der Waals surface area contributed by atoms with Gasteiger partial charge in [0.2, 0.25) is 5.69 Å². The second-order valence-corrected chi connectivity index (χ2v) is 8.67. The van der Waals surface area contributed by atoms with E-state index in [-0.39, 0.29) is 10.8 Å². The van der Waals surface area contributed by atoms with Crippen molar-refractivity contribution in [2.75, 3.05) is 0 Å². The molecule has 23 heavy (non-hydrogen) atoms. The second-order valence-electron chi connectivity index (χ2n) is 8.67. The molecule has 0 saturated heterocycles. The Morgan fingerprint density at radius 2 is 1.70 bits per heavy atom. The molecule has 4 nitrogen and oxygen atoms in total. The van der Waals surface area contributed by atoms with Crippen molar-refractivity contribution in [1.82, 2.24) is 4.98 Å². The number of oxazole rings is 1. The first kappa shape index (κ1) is 17.8. The van der Waals surface area contributed by atoms with Gasteiger partial charge in [-0.1, -0.05) is 34.6 Å². The summed E-state index contributed by atoms with van der Waals surface area (Å²) in [6, 6.07) is 0. The summed E-state index contributed by atoms with van der Waals surface area (Å²) in [5, 5.41) is 0. The van der Waals surface area contributed by atoms with Gasteiger partial charge in [0.15, 0.2) is 18.2 Å². The number of aromatic nitrogens is 2.